The van der Waals surface area contributed by atoms with Gasteiger partial charge in [0.15, 0.2) is 0 Å². The Morgan fingerprint density at radius 2 is 2.07 bits per heavy atom. The molecule has 3 heterocycles. The molecule has 0 aromatic carbocycles. The molecule has 0 atom stereocenters. The lowest BCUT2D eigenvalue weighted by Crippen LogP contribution is -2.28. The minimum Gasteiger partial charge on any atom is -0.362 e. The van der Waals surface area contributed by atoms with E-state index in [9.17, 15) is 4.79 Å². The molecule has 0 spiro atoms. The van der Waals surface area contributed by atoms with Gasteiger partial charge in [-0.05, 0) is 36.8 Å². The van der Waals surface area contributed by atoms with Gasteiger partial charge in [-0.2, -0.15) is 5.10 Å². The van der Waals surface area contributed by atoms with E-state index in [0.717, 1.165) is 50.5 Å². The molecule has 2 aromatic heterocycles. The number of amides is 1. The number of hydrogen-bond donors (Lipinski definition) is 1. The molecule has 0 unspecified atom stereocenters. The summed E-state index contributed by atoms with van der Waals surface area (Å²) in [6.07, 6.45) is 8.29. The van der Waals surface area contributed by atoms with Gasteiger partial charge in [0.05, 0.1) is 11.8 Å². The van der Waals surface area contributed by atoms with Gasteiger partial charge in [-0.25, -0.2) is 4.98 Å². The van der Waals surface area contributed by atoms with Crippen molar-refractivity contribution >= 4 is 11.7 Å². The van der Waals surface area contributed by atoms with Gasteiger partial charge in [0.1, 0.15) is 5.82 Å². The summed E-state index contributed by atoms with van der Waals surface area (Å²) in [5.74, 6) is 1.44. The van der Waals surface area contributed by atoms with E-state index >= 15 is 0 Å². The Hall–Kier alpha value is -2.41. The normalized spacial score (nSPS) is 17.1. The van der Waals surface area contributed by atoms with Gasteiger partial charge in [-0.3, -0.25) is 14.4 Å². The van der Waals surface area contributed by atoms with Crippen molar-refractivity contribution < 1.29 is 4.79 Å². The Morgan fingerprint density at radius 3 is 2.75 bits per heavy atom. The number of nitrogens with zero attached hydrogens (tertiary/aromatic N) is 5. The third kappa shape index (κ3) is 4.35. The number of carbonyl (C=O) groups is 1. The van der Waals surface area contributed by atoms with Crippen LogP contribution in [-0.2, 0) is 26.4 Å². The van der Waals surface area contributed by atoms with Gasteiger partial charge in [-0.1, -0.05) is 0 Å². The van der Waals surface area contributed by atoms with Crippen molar-refractivity contribution in [1.82, 2.24) is 25.0 Å². The first-order chi connectivity index (χ1) is 13.5. The molecule has 1 N–H and O–H groups in total. The van der Waals surface area contributed by atoms with Crippen molar-refractivity contribution in [3.8, 4) is 0 Å². The second kappa shape index (κ2) is 7.91. The fourth-order valence-electron chi connectivity index (χ4n) is 3.80. The maximum absolute atomic E-state index is 12.8. The highest BCUT2D eigenvalue weighted by Crippen LogP contribution is 2.28. The molecule has 0 bridgehead atoms. The van der Waals surface area contributed by atoms with Gasteiger partial charge < -0.3 is 10.2 Å². The van der Waals surface area contributed by atoms with E-state index < -0.39 is 0 Å². The van der Waals surface area contributed by atoms with Gasteiger partial charge in [0, 0.05) is 71.2 Å². The van der Waals surface area contributed by atoms with Crippen molar-refractivity contribution in [1.29, 1.82) is 0 Å². The average molecular weight is 383 g/mol. The van der Waals surface area contributed by atoms with E-state index in [-0.39, 0.29) is 5.91 Å². The molecular weight excluding hydrogens is 352 g/mol. The second-order valence-corrected chi connectivity index (χ2v) is 8.31. The minimum atomic E-state index is 0.00219. The molecule has 2 aliphatic rings. The SMILES string of the molecule is CN(C)c1nc2c(cc1C(=O)NCC1CC1)CCN(Cc1cnn(C)c1)CC2. The fourth-order valence-corrected chi connectivity index (χ4v) is 3.80. The van der Waals surface area contributed by atoms with E-state index in [1.807, 2.05) is 36.9 Å². The fraction of sp³-hybridized carbons (Fsp3) is 0.571. The standard InChI is InChI=1S/C21H30N6O/c1-25(2)20-18(21(28)22-11-15-4-5-15)10-17-6-8-27(9-7-19(17)24-20)14-16-12-23-26(3)13-16/h10,12-13,15H,4-9,11,14H2,1-3H3,(H,22,28). The van der Waals surface area contributed by atoms with Crippen molar-refractivity contribution in [2.24, 2.45) is 13.0 Å². The monoisotopic (exact) mass is 382 g/mol. The first-order valence-electron chi connectivity index (χ1n) is 10.2. The zero-order valence-corrected chi connectivity index (χ0v) is 17.1. The lowest BCUT2D eigenvalue weighted by atomic mass is 10.0. The van der Waals surface area contributed by atoms with Crippen LogP contribution >= 0.6 is 0 Å². The van der Waals surface area contributed by atoms with Gasteiger partial charge in [0.25, 0.3) is 5.91 Å². The minimum absolute atomic E-state index is 0.00219. The highest BCUT2D eigenvalue weighted by atomic mass is 16.1. The van der Waals surface area contributed by atoms with Gasteiger partial charge >= 0.3 is 0 Å². The molecule has 1 amide bonds. The van der Waals surface area contributed by atoms with Crippen LogP contribution in [0.15, 0.2) is 18.5 Å². The number of pyridine rings is 1. The van der Waals surface area contributed by atoms with E-state index in [4.69, 9.17) is 4.98 Å². The summed E-state index contributed by atoms with van der Waals surface area (Å²) in [7, 11) is 5.86. The quantitative estimate of drug-likeness (QED) is 0.822. The van der Waals surface area contributed by atoms with Crippen LogP contribution in [0.5, 0.6) is 0 Å². The summed E-state index contributed by atoms with van der Waals surface area (Å²) in [6, 6.07) is 2.08. The average Bonchev–Trinajstić information content (AvgIpc) is 3.44. The second-order valence-electron chi connectivity index (χ2n) is 8.31. The van der Waals surface area contributed by atoms with E-state index in [1.54, 1.807) is 0 Å². The molecule has 0 saturated heterocycles. The van der Waals surface area contributed by atoms with Crippen LogP contribution in [0, 0.1) is 5.92 Å². The zero-order valence-electron chi connectivity index (χ0n) is 17.1. The van der Waals surface area contributed by atoms with Crippen molar-refractivity contribution in [2.45, 2.75) is 32.2 Å². The first-order valence-corrected chi connectivity index (χ1v) is 10.2. The Labute approximate surface area is 166 Å². The lowest BCUT2D eigenvalue weighted by molar-refractivity contribution is 0.0952. The summed E-state index contributed by atoms with van der Waals surface area (Å²) in [6.45, 7) is 3.61. The topological polar surface area (TPSA) is 66.3 Å². The van der Waals surface area contributed by atoms with E-state index in [1.165, 1.54) is 24.0 Å². The maximum atomic E-state index is 12.8. The lowest BCUT2D eigenvalue weighted by Gasteiger charge is -2.19. The Morgan fingerprint density at radius 1 is 1.29 bits per heavy atom. The molecule has 1 aliphatic carbocycles. The molecule has 150 valence electrons. The van der Waals surface area contributed by atoms with Crippen LogP contribution in [-0.4, -0.2) is 59.3 Å². The van der Waals surface area contributed by atoms with E-state index in [0.29, 0.717) is 11.5 Å². The molecular formula is C21H30N6O. The summed E-state index contributed by atoms with van der Waals surface area (Å²) in [5, 5.41) is 7.37. The molecule has 28 heavy (non-hydrogen) atoms. The summed E-state index contributed by atoms with van der Waals surface area (Å²) < 4.78 is 1.85. The number of carbonyl (C=O) groups excluding carboxylic acids is 1. The number of nitrogens with one attached hydrogen (secondary N) is 1. The van der Waals surface area contributed by atoms with Crippen molar-refractivity contribution in [3.05, 3.63) is 40.8 Å². The Kier molecular flexibility index (Phi) is 5.35. The smallest absolute Gasteiger partial charge is 0.255 e. The Bertz CT molecular complexity index is 855. The highest BCUT2D eigenvalue weighted by Gasteiger charge is 2.25. The summed E-state index contributed by atoms with van der Waals surface area (Å²) in [5.41, 5.74) is 4.26. The maximum Gasteiger partial charge on any atom is 0.255 e. The number of aromatic nitrogens is 3. The molecule has 7 nitrogen and oxygen atoms in total. The zero-order chi connectivity index (χ0) is 19.7. The van der Waals surface area contributed by atoms with Crippen LogP contribution in [0.4, 0.5) is 5.82 Å². The third-order valence-corrected chi connectivity index (χ3v) is 5.61. The van der Waals surface area contributed by atoms with Gasteiger partial charge in [0.2, 0.25) is 0 Å². The van der Waals surface area contributed by atoms with E-state index in [2.05, 4.69) is 27.6 Å². The third-order valence-electron chi connectivity index (χ3n) is 5.61. The number of aryl methyl sites for hydroxylation is 1. The molecule has 0 radical (unpaired) electrons. The van der Waals surface area contributed by atoms with Crippen LogP contribution in [0.1, 0.15) is 40.0 Å². The largest absolute Gasteiger partial charge is 0.362 e. The Balaban J connectivity index is 1.50. The van der Waals surface area contributed by atoms with Crippen LogP contribution in [0.3, 0.4) is 0 Å². The number of hydrogen-bond acceptors (Lipinski definition) is 5. The molecule has 1 aliphatic heterocycles. The predicted octanol–water partition coefficient (Wildman–Crippen LogP) is 1.62. The van der Waals surface area contributed by atoms with Crippen molar-refractivity contribution in [3.63, 3.8) is 0 Å². The molecule has 2 aromatic rings. The summed E-state index contributed by atoms with van der Waals surface area (Å²) in [4.78, 5) is 22.1. The van der Waals surface area contributed by atoms with Crippen molar-refractivity contribution in [2.75, 3.05) is 38.6 Å². The molecule has 4 rings (SSSR count). The summed E-state index contributed by atoms with van der Waals surface area (Å²) >= 11 is 0. The van der Waals surface area contributed by atoms with Crippen LogP contribution in [0.25, 0.3) is 0 Å². The first kappa shape index (κ1) is 18.9. The van der Waals surface area contributed by atoms with Gasteiger partial charge in [-0.15, -0.1) is 0 Å². The molecule has 1 saturated carbocycles. The molecule has 7 heteroatoms. The number of rotatable bonds is 6. The number of anilines is 1. The highest BCUT2D eigenvalue weighted by molar-refractivity contribution is 5.99. The molecule has 1 fully saturated rings. The predicted molar refractivity (Wildman–Crippen MR) is 110 cm³/mol. The van der Waals surface area contributed by atoms with Crippen LogP contribution < -0.4 is 10.2 Å². The number of fused-ring (bicyclic) bond motifs is 1. The van der Waals surface area contributed by atoms with Crippen LogP contribution in [0.2, 0.25) is 0 Å².